The summed E-state index contributed by atoms with van der Waals surface area (Å²) in [4.78, 5) is 19.1. The van der Waals surface area contributed by atoms with E-state index in [0.717, 1.165) is 69.6 Å². The summed E-state index contributed by atoms with van der Waals surface area (Å²) in [6, 6.07) is 4.81. The maximum atomic E-state index is 6.12. The summed E-state index contributed by atoms with van der Waals surface area (Å²) in [5.74, 6) is 0.936. The van der Waals surface area contributed by atoms with Crippen LogP contribution in [0.1, 0.15) is 65.8 Å². The Labute approximate surface area is 269 Å². The Morgan fingerprint density at radius 3 is 1.83 bits per heavy atom. The lowest BCUT2D eigenvalue weighted by molar-refractivity contribution is 0.0824. The SMILES string of the molecule is C.C.CSC1(c2cc(Cl)nc(Cl)n2)CC1.CSC1(c2cc(N3CCOC[C@H]3C)nc(Cl)n2)CC1.C[C@@H]1COCCN1. The minimum Gasteiger partial charge on any atom is -0.379 e. The fourth-order valence-corrected chi connectivity index (χ4v) is 6.76. The van der Waals surface area contributed by atoms with Gasteiger partial charge in [-0.1, -0.05) is 26.5 Å². The lowest BCUT2D eigenvalue weighted by atomic mass is 10.2. The van der Waals surface area contributed by atoms with Gasteiger partial charge in [-0.2, -0.15) is 23.5 Å². The second-order valence-electron chi connectivity index (χ2n) is 10.2. The van der Waals surface area contributed by atoms with Gasteiger partial charge >= 0.3 is 0 Å². The Morgan fingerprint density at radius 1 is 0.829 bits per heavy atom. The molecule has 0 bridgehead atoms. The number of anilines is 1. The number of rotatable bonds is 5. The fourth-order valence-electron chi connectivity index (χ4n) is 4.53. The summed E-state index contributed by atoms with van der Waals surface area (Å²) in [5.41, 5.74) is 2.04. The number of thioether (sulfide) groups is 2. The quantitative estimate of drug-likeness (QED) is 0.263. The van der Waals surface area contributed by atoms with Gasteiger partial charge in [-0.05, 0) is 81.3 Å². The first-order valence-electron chi connectivity index (χ1n) is 13.2. The number of ether oxygens (including phenoxy) is 2. The molecule has 4 aliphatic rings. The van der Waals surface area contributed by atoms with Crippen LogP contribution < -0.4 is 10.2 Å². The van der Waals surface area contributed by atoms with Crippen molar-refractivity contribution in [3.63, 3.8) is 0 Å². The molecule has 0 unspecified atom stereocenters. The molecule has 2 aromatic heterocycles. The maximum Gasteiger partial charge on any atom is 0.224 e. The highest BCUT2D eigenvalue weighted by molar-refractivity contribution is 8.00. The summed E-state index contributed by atoms with van der Waals surface area (Å²) < 4.78 is 10.9. The van der Waals surface area contributed by atoms with E-state index in [2.05, 4.69) is 62.6 Å². The van der Waals surface area contributed by atoms with Crippen molar-refractivity contribution in [2.24, 2.45) is 0 Å². The lowest BCUT2D eigenvalue weighted by Gasteiger charge is -2.34. The number of morpholine rings is 2. The Bertz CT molecular complexity index is 1080. The molecule has 0 amide bonds. The van der Waals surface area contributed by atoms with Crippen LogP contribution in [-0.4, -0.2) is 84.0 Å². The van der Waals surface area contributed by atoms with Crippen molar-refractivity contribution in [3.05, 3.63) is 39.2 Å². The van der Waals surface area contributed by atoms with Crippen LogP contribution in [0.25, 0.3) is 0 Å². The first-order valence-corrected chi connectivity index (χ1v) is 16.8. The van der Waals surface area contributed by atoms with Crippen molar-refractivity contribution >= 4 is 64.1 Å². The van der Waals surface area contributed by atoms with Crippen LogP contribution in [0.2, 0.25) is 15.7 Å². The third-order valence-corrected chi connectivity index (χ3v) is 10.6. The molecule has 2 aliphatic heterocycles. The van der Waals surface area contributed by atoms with Crippen molar-refractivity contribution < 1.29 is 9.47 Å². The Morgan fingerprint density at radius 2 is 1.39 bits per heavy atom. The third kappa shape index (κ3) is 9.96. The molecule has 2 aromatic rings. The average Bonchev–Trinajstić information content (AvgIpc) is 3.85. The average molecular weight is 668 g/mol. The van der Waals surface area contributed by atoms with Gasteiger partial charge in [0, 0.05) is 25.2 Å². The van der Waals surface area contributed by atoms with Crippen molar-refractivity contribution in [1.29, 1.82) is 0 Å². The topological polar surface area (TPSA) is 85.3 Å². The van der Waals surface area contributed by atoms with Crippen LogP contribution in [0.15, 0.2) is 12.1 Å². The first-order chi connectivity index (χ1) is 18.7. The standard InChI is InChI=1S/C13H18ClN3OS.C8H8Cl2N2S.C5H11NO.2CH4/c1-9-8-18-6-5-17(9)11-7-10(15-12(14)16-11)13(19-2)3-4-13;1-13-8(2-3-8)5-4-6(9)12-7(10)11-5;1-5-4-7-3-2-6-5;;/h7,9H,3-6,8H2,1-2H3;4H,2-3H2,1H3;5-6H,2-4H2,1H3;2*1H4/t9-;;5-;;/m1.1../s1. The zero-order chi connectivity index (χ0) is 28.0. The van der Waals surface area contributed by atoms with E-state index in [4.69, 9.17) is 44.3 Å². The second kappa shape index (κ2) is 16.5. The van der Waals surface area contributed by atoms with Gasteiger partial charge in [-0.15, -0.1) is 0 Å². The molecule has 2 aliphatic carbocycles. The molecule has 4 heterocycles. The fraction of sp³-hybridized carbons (Fsp3) is 0.714. The van der Waals surface area contributed by atoms with E-state index in [9.17, 15) is 0 Å². The monoisotopic (exact) mass is 666 g/mol. The molecular formula is C28H45Cl3N6O2S2. The lowest BCUT2D eigenvalue weighted by Crippen LogP contribution is -2.44. The minimum atomic E-state index is 0. The molecule has 0 radical (unpaired) electrons. The largest absolute Gasteiger partial charge is 0.379 e. The number of halogens is 3. The maximum absolute atomic E-state index is 6.12. The zero-order valence-corrected chi connectivity index (χ0v) is 26.8. The smallest absolute Gasteiger partial charge is 0.224 e. The number of hydrogen-bond acceptors (Lipinski definition) is 10. The van der Waals surface area contributed by atoms with Crippen LogP contribution in [0.5, 0.6) is 0 Å². The molecule has 4 fully saturated rings. The molecule has 13 heteroatoms. The highest BCUT2D eigenvalue weighted by Gasteiger charge is 2.46. The van der Waals surface area contributed by atoms with E-state index in [0.29, 0.717) is 22.5 Å². The van der Waals surface area contributed by atoms with Crippen LogP contribution in [0, 0.1) is 0 Å². The van der Waals surface area contributed by atoms with Gasteiger partial charge < -0.3 is 19.7 Å². The van der Waals surface area contributed by atoms with E-state index >= 15 is 0 Å². The summed E-state index contributed by atoms with van der Waals surface area (Å²) in [7, 11) is 0. The molecule has 2 atom stereocenters. The Kier molecular flexibility index (Phi) is 14.7. The van der Waals surface area contributed by atoms with E-state index in [-0.39, 0.29) is 29.6 Å². The van der Waals surface area contributed by atoms with Crippen LogP contribution >= 0.6 is 58.3 Å². The highest BCUT2D eigenvalue weighted by Crippen LogP contribution is 2.56. The number of nitrogens with zero attached hydrogens (tertiary/aromatic N) is 5. The van der Waals surface area contributed by atoms with Crippen LogP contribution in [0.4, 0.5) is 5.82 Å². The summed E-state index contributed by atoms with van der Waals surface area (Å²) in [6.07, 6.45) is 8.88. The van der Waals surface area contributed by atoms with E-state index < -0.39 is 0 Å². The molecule has 2 saturated heterocycles. The van der Waals surface area contributed by atoms with E-state index in [1.165, 1.54) is 12.8 Å². The normalized spacial score (nSPS) is 23.3. The van der Waals surface area contributed by atoms with Gasteiger partial charge in [0.1, 0.15) is 11.0 Å². The second-order valence-corrected chi connectivity index (χ2v) is 13.6. The predicted molar refractivity (Wildman–Crippen MR) is 177 cm³/mol. The number of nitrogens with one attached hydrogen (secondary N) is 1. The van der Waals surface area contributed by atoms with E-state index in [1.807, 2.05) is 11.8 Å². The highest BCUT2D eigenvalue weighted by atomic mass is 35.5. The Balaban J connectivity index is 0.000000232. The molecule has 6 rings (SSSR count). The van der Waals surface area contributed by atoms with Gasteiger partial charge in [0.2, 0.25) is 10.6 Å². The van der Waals surface area contributed by atoms with Gasteiger partial charge in [0.15, 0.2) is 0 Å². The molecule has 1 N–H and O–H groups in total. The zero-order valence-electron chi connectivity index (χ0n) is 22.9. The van der Waals surface area contributed by atoms with Gasteiger partial charge in [-0.3, -0.25) is 0 Å². The number of hydrogen-bond donors (Lipinski definition) is 1. The molecule has 8 nitrogen and oxygen atoms in total. The van der Waals surface area contributed by atoms with Gasteiger partial charge in [-0.25, -0.2) is 19.9 Å². The van der Waals surface area contributed by atoms with Crippen LogP contribution in [-0.2, 0) is 19.0 Å². The first kappa shape index (κ1) is 36.6. The molecule has 2 saturated carbocycles. The molecule has 232 valence electrons. The van der Waals surface area contributed by atoms with E-state index in [1.54, 1.807) is 17.8 Å². The number of aromatic nitrogens is 4. The Hall–Kier alpha value is -0.590. The van der Waals surface area contributed by atoms with Crippen molar-refractivity contribution in [3.8, 4) is 0 Å². The molecular weight excluding hydrogens is 623 g/mol. The van der Waals surface area contributed by atoms with Gasteiger partial charge in [0.05, 0.1) is 53.4 Å². The van der Waals surface area contributed by atoms with Crippen molar-refractivity contribution in [2.75, 3.05) is 56.9 Å². The third-order valence-electron chi connectivity index (χ3n) is 7.25. The minimum absolute atomic E-state index is 0. The van der Waals surface area contributed by atoms with Gasteiger partial charge in [0.25, 0.3) is 0 Å². The molecule has 0 spiro atoms. The van der Waals surface area contributed by atoms with Crippen molar-refractivity contribution in [1.82, 2.24) is 25.3 Å². The summed E-state index contributed by atoms with van der Waals surface area (Å²) in [6.45, 7) is 9.39. The van der Waals surface area contributed by atoms with Crippen LogP contribution in [0.3, 0.4) is 0 Å². The summed E-state index contributed by atoms with van der Waals surface area (Å²) >= 11 is 21.3. The molecule has 0 aromatic carbocycles. The summed E-state index contributed by atoms with van der Waals surface area (Å²) in [5, 5.41) is 4.28. The molecule has 41 heavy (non-hydrogen) atoms. The van der Waals surface area contributed by atoms with Crippen molar-refractivity contribution in [2.45, 2.75) is 76.0 Å². The predicted octanol–water partition coefficient (Wildman–Crippen LogP) is 7.11.